The molecule has 5 nitrogen and oxygen atoms in total. The van der Waals surface area contributed by atoms with Gasteiger partial charge >= 0.3 is 0 Å². The lowest BCUT2D eigenvalue weighted by Crippen LogP contribution is -2.39. The van der Waals surface area contributed by atoms with Crippen LogP contribution in [0.25, 0.3) is 0 Å². The number of imidazole rings is 1. The van der Waals surface area contributed by atoms with Gasteiger partial charge in [-0.15, -0.1) is 0 Å². The van der Waals surface area contributed by atoms with E-state index in [1.165, 1.54) is 30.8 Å². The normalized spacial score (nSPS) is 18.3. The fraction of sp³-hybridized carbons (Fsp3) is 0.571. The van der Waals surface area contributed by atoms with E-state index in [1.54, 1.807) is 12.4 Å². The first-order valence-electron chi connectivity index (χ1n) is 9.85. The highest BCUT2D eigenvalue weighted by molar-refractivity contribution is 5.95. The zero-order valence-corrected chi connectivity index (χ0v) is 15.8. The zero-order valence-electron chi connectivity index (χ0n) is 15.8. The van der Waals surface area contributed by atoms with Gasteiger partial charge in [0.2, 0.25) is 0 Å². The second kappa shape index (κ2) is 7.22. The monoisotopic (exact) mass is 352 g/mol. The Morgan fingerprint density at radius 1 is 1.15 bits per heavy atom. The molecular weight excluding hydrogens is 324 g/mol. The molecule has 1 saturated heterocycles. The summed E-state index contributed by atoms with van der Waals surface area (Å²) in [6, 6.07) is 1.91. The van der Waals surface area contributed by atoms with Gasteiger partial charge in [0.25, 0.3) is 5.91 Å². The minimum atomic E-state index is 0.135. The van der Waals surface area contributed by atoms with Crippen LogP contribution in [0.15, 0.2) is 24.7 Å². The summed E-state index contributed by atoms with van der Waals surface area (Å²) >= 11 is 0. The van der Waals surface area contributed by atoms with Crippen LogP contribution in [0.1, 0.15) is 65.5 Å². The van der Waals surface area contributed by atoms with Crippen LogP contribution in [0.5, 0.6) is 0 Å². The van der Waals surface area contributed by atoms with Crippen LogP contribution in [0.2, 0.25) is 0 Å². The Morgan fingerprint density at radius 3 is 2.62 bits per heavy atom. The molecule has 0 bridgehead atoms. The molecule has 1 aliphatic carbocycles. The molecule has 0 N–H and O–H groups in total. The van der Waals surface area contributed by atoms with Crippen LogP contribution in [0.3, 0.4) is 0 Å². The Hall–Kier alpha value is -2.17. The lowest BCUT2D eigenvalue weighted by Gasteiger charge is -2.32. The molecular formula is C21H28N4O. The molecule has 26 heavy (non-hydrogen) atoms. The summed E-state index contributed by atoms with van der Waals surface area (Å²) < 4.78 is 2.42. The highest BCUT2D eigenvalue weighted by Gasteiger charge is 2.29. The third kappa shape index (κ3) is 3.53. The van der Waals surface area contributed by atoms with Crippen molar-refractivity contribution in [3.8, 4) is 0 Å². The molecule has 2 aliphatic rings. The van der Waals surface area contributed by atoms with Gasteiger partial charge in [-0.25, -0.2) is 4.98 Å². The van der Waals surface area contributed by atoms with Gasteiger partial charge in [-0.1, -0.05) is 0 Å². The van der Waals surface area contributed by atoms with E-state index in [0.717, 1.165) is 43.6 Å². The minimum absolute atomic E-state index is 0.135. The van der Waals surface area contributed by atoms with Crippen molar-refractivity contribution >= 4 is 5.91 Å². The number of aryl methyl sites for hydroxylation is 2. The number of piperidine rings is 1. The van der Waals surface area contributed by atoms with Crippen molar-refractivity contribution < 1.29 is 4.79 Å². The highest BCUT2D eigenvalue weighted by Crippen LogP contribution is 2.39. The smallest absolute Gasteiger partial charge is 0.255 e. The Balaban J connectivity index is 1.31. The van der Waals surface area contributed by atoms with Gasteiger partial charge in [0.1, 0.15) is 5.82 Å². The number of aromatic nitrogens is 3. The van der Waals surface area contributed by atoms with E-state index in [1.807, 2.05) is 24.1 Å². The number of rotatable bonds is 5. The second-order valence-corrected chi connectivity index (χ2v) is 7.90. The van der Waals surface area contributed by atoms with Crippen molar-refractivity contribution in [2.24, 2.45) is 5.92 Å². The maximum absolute atomic E-state index is 12.7. The van der Waals surface area contributed by atoms with Crippen molar-refractivity contribution in [1.29, 1.82) is 0 Å². The van der Waals surface area contributed by atoms with Crippen LogP contribution in [-0.2, 0) is 6.54 Å². The first kappa shape index (κ1) is 17.3. The van der Waals surface area contributed by atoms with Gasteiger partial charge in [-0.2, -0.15) is 0 Å². The number of hydrogen-bond acceptors (Lipinski definition) is 3. The molecule has 0 aromatic carbocycles. The van der Waals surface area contributed by atoms with Gasteiger partial charge in [0.05, 0.1) is 5.56 Å². The maximum atomic E-state index is 12.7. The number of nitrogens with zero attached hydrogens (tertiary/aromatic N) is 4. The lowest BCUT2D eigenvalue weighted by atomic mass is 9.93. The predicted molar refractivity (Wildman–Crippen MR) is 101 cm³/mol. The summed E-state index contributed by atoms with van der Waals surface area (Å²) in [4.78, 5) is 23.5. The maximum Gasteiger partial charge on any atom is 0.255 e. The number of likely N-dealkylation sites (tertiary alicyclic amines) is 1. The minimum Gasteiger partial charge on any atom is -0.339 e. The molecule has 1 amide bonds. The summed E-state index contributed by atoms with van der Waals surface area (Å²) in [5.41, 5.74) is 3.04. The van der Waals surface area contributed by atoms with E-state index in [-0.39, 0.29) is 5.91 Å². The molecule has 0 spiro atoms. The van der Waals surface area contributed by atoms with Crippen LogP contribution in [0, 0.1) is 19.8 Å². The van der Waals surface area contributed by atoms with Crippen molar-refractivity contribution in [3.63, 3.8) is 0 Å². The summed E-state index contributed by atoms with van der Waals surface area (Å²) in [6.45, 7) is 6.92. The number of carbonyl (C=O) groups is 1. The molecule has 2 aromatic heterocycles. The largest absolute Gasteiger partial charge is 0.339 e. The van der Waals surface area contributed by atoms with Gasteiger partial charge < -0.3 is 9.47 Å². The first-order valence-corrected chi connectivity index (χ1v) is 9.85. The Kier molecular flexibility index (Phi) is 4.79. The van der Waals surface area contributed by atoms with E-state index in [4.69, 9.17) is 0 Å². The predicted octanol–water partition coefficient (Wildman–Crippen LogP) is 3.71. The summed E-state index contributed by atoms with van der Waals surface area (Å²) in [6.07, 6.45) is 11.4. The average molecular weight is 352 g/mol. The van der Waals surface area contributed by atoms with Crippen LogP contribution in [0.4, 0.5) is 0 Å². The summed E-state index contributed by atoms with van der Waals surface area (Å²) in [5.74, 6) is 2.83. The molecule has 1 aliphatic heterocycles. The number of carbonyl (C=O) groups excluding carboxylic acids is 1. The molecule has 2 aromatic rings. The standard InChI is InChI=1S/C21H28N4O/c1-15-5-9-22-14-19(15)21(26)24-10-6-17(7-11-24)8-12-25-16(2)13-23-20(25)18-3-4-18/h5,9,13-14,17-18H,3-4,6-8,10-12H2,1-2H3. The molecule has 1 saturated carbocycles. The van der Waals surface area contributed by atoms with E-state index in [0.29, 0.717) is 11.8 Å². The average Bonchev–Trinajstić information content (AvgIpc) is 3.43. The fourth-order valence-corrected chi connectivity index (χ4v) is 4.03. The van der Waals surface area contributed by atoms with Crippen molar-refractivity contribution in [2.75, 3.05) is 13.1 Å². The van der Waals surface area contributed by atoms with Gasteiger partial charge in [-0.3, -0.25) is 9.78 Å². The van der Waals surface area contributed by atoms with Gasteiger partial charge in [0, 0.05) is 49.8 Å². The molecule has 4 rings (SSSR count). The molecule has 138 valence electrons. The molecule has 2 fully saturated rings. The summed E-state index contributed by atoms with van der Waals surface area (Å²) in [7, 11) is 0. The SMILES string of the molecule is Cc1ccncc1C(=O)N1CCC(CCn2c(C)cnc2C2CC2)CC1. The number of amides is 1. The van der Waals surface area contributed by atoms with E-state index >= 15 is 0 Å². The molecule has 0 atom stereocenters. The van der Waals surface area contributed by atoms with Crippen LogP contribution < -0.4 is 0 Å². The lowest BCUT2D eigenvalue weighted by molar-refractivity contribution is 0.0683. The number of hydrogen-bond donors (Lipinski definition) is 0. The Morgan fingerprint density at radius 2 is 1.92 bits per heavy atom. The third-order valence-corrected chi connectivity index (χ3v) is 5.96. The molecule has 3 heterocycles. The van der Waals surface area contributed by atoms with Crippen molar-refractivity contribution in [1.82, 2.24) is 19.4 Å². The zero-order chi connectivity index (χ0) is 18.1. The van der Waals surface area contributed by atoms with Gasteiger partial charge in [0.15, 0.2) is 0 Å². The highest BCUT2D eigenvalue weighted by atomic mass is 16.2. The van der Waals surface area contributed by atoms with E-state index in [9.17, 15) is 4.79 Å². The Labute approximate surface area is 155 Å². The Bertz CT molecular complexity index is 785. The second-order valence-electron chi connectivity index (χ2n) is 7.90. The van der Waals surface area contributed by atoms with Crippen LogP contribution in [-0.4, -0.2) is 38.4 Å². The summed E-state index contributed by atoms with van der Waals surface area (Å²) in [5, 5.41) is 0. The first-order chi connectivity index (χ1) is 12.6. The van der Waals surface area contributed by atoms with Gasteiger partial charge in [-0.05, 0) is 63.5 Å². The quantitative estimate of drug-likeness (QED) is 0.824. The van der Waals surface area contributed by atoms with Crippen molar-refractivity contribution in [3.05, 3.63) is 47.3 Å². The number of pyridine rings is 1. The molecule has 5 heteroatoms. The van der Waals surface area contributed by atoms with Crippen LogP contribution >= 0.6 is 0 Å². The van der Waals surface area contributed by atoms with E-state index < -0.39 is 0 Å². The third-order valence-electron chi connectivity index (χ3n) is 5.96. The topological polar surface area (TPSA) is 51.0 Å². The van der Waals surface area contributed by atoms with Crippen molar-refractivity contribution in [2.45, 2.75) is 58.4 Å². The van der Waals surface area contributed by atoms with E-state index in [2.05, 4.69) is 21.5 Å². The fourth-order valence-electron chi connectivity index (χ4n) is 4.03. The molecule has 0 radical (unpaired) electrons. The molecule has 0 unspecified atom stereocenters.